The molecule has 1 heterocycles. The first-order valence-corrected chi connectivity index (χ1v) is 5.37. The molecule has 0 aliphatic carbocycles. The van der Waals surface area contributed by atoms with Crippen LogP contribution in [0.1, 0.15) is 17.3 Å². The summed E-state index contributed by atoms with van der Waals surface area (Å²) < 4.78 is 6.14. The Labute approximate surface area is 104 Å². The lowest BCUT2D eigenvalue weighted by atomic mass is 10.3. The highest BCUT2D eigenvalue weighted by Crippen LogP contribution is 2.15. The number of nitrogens with one attached hydrogen (secondary N) is 1. The molecule has 1 amide bonds. The van der Waals surface area contributed by atoms with Crippen LogP contribution in [0.15, 0.2) is 6.20 Å². The van der Waals surface area contributed by atoms with Gasteiger partial charge in [0.15, 0.2) is 0 Å². The molecule has 0 aliphatic heterocycles. The first-order valence-electron chi connectivity index (χ1n) is 5.37. The number of ether oxygens (including phenoxy) is 1. The Bertz CT molecular complexity index is 443. The van der Waals surface area contributed by atoms with Crippen LogP contribution in [0.25, 0.3) is 0 Å². The fourth-order valence-corrected chi connectivity index (χ4v) is 1.24. The molecule has 1 aromatic rings. The maximum atomic E-state index is 11.6. The van der Waals surface area contributed by atoms with Gasteiger partial charge in [-0.15, -0.1) is 0 Å². The van der Waals surface area contributed by atoms with Gasteiger partial charge in [-0.1, -0.05) is 0 Å². The summed E-state index contributed by atoms with van der Waals surface area (Å²) in [7, 11) is 1.56. The van der Waals surface area contributed by atoms with Crippen LogP contribution in [-0.4, -0.2) is 46.0 Å². The van der Waals surface area contributed by atoms with Crippen molar-refractivity contribution >= 4 is 17.7 Å². The van der Waals surface area contributed by atoms with Gasteiger partial charge in [0.25, 0.3) is 0 Å². The van der Waals surface area contributed by atoms with Crippen LogP contribution in [0.3, 0.4) is 0 Å². The highest BCUT2D eigenvalue weighted by molar-refractivity contribution is 6.01. The molecule has 0 saturated heterocycles. The quantitative estimate of drug-likeness (QED) is 0.572. The molecule has 18 heavy (non-hydrogen) atoms. The number of anilines is 1. The second-order valence-corrected chi connectivity index (χ2v) is 3.53. The summed E-state index contributed by atoms with van der Waals surface area (Å²) >= 11 is 0. The predicted octanol–water partition coefficient (Wildman–Crippen LogP) is -1.15. The third-order valence-electron chi connectivity index (χ3n) is 2.21. The van der Waals surface area contributed by atoms with Gasteiger partial charge in [-0.3, -0.25) is 9.48 Å². The summed E-state index contributed by atoms with van der Waals surface area (Å²) in [4.78, 5) is 23.1. The topological polar surface area (TPSA) is 119 Å². The van der Waals surface area contributed by atoms with Crippen molar-refractivity contribution in [1.82, 2.24) is 9.78 Å². The minimum Gasteiger partial charge on any atom is -0.462 e. The third kappa shape index (κ3) is 3.05. The van der Waals surface area contributed by atoms with Gasteiger partial charge in [-0.2, -0.15) is 5.10 Å². The Kier molecular flexibility index (Phi) is 4.81. The number of rotatable bonds is 5. The molecule has 0 fully saturated rings. The minimum atomic E-state index is -1.06. The van der Waals surface area contributed by atoms with Gasteiger partial charge in [0.2, 0.25) is 5.91 Å². The van der Waals surface area contributed by atoms with Crippen LogP contribution in [-0.2, 0) is 16.6 Å². The molecule has 1 rings (SSSR count). The van der Waals surface area contributed by atoms with Crippen LogP contribution in [0.5, 0.6) is 0 Å². The zero-order chi connectivity index (χ0) is 13.7. The van der Waals surface area contributed by atoms with Gasteiger partial charge >= 0.3 is 5.97 Å². The molecule has 0 saturated carbocycles. The van der Waals surface area contributed by atoms with E-state index in [9.17, 15) is 9.59 Å². The van der Waals surface area contributed by atoms with E-state index in [-0.39, 0.29) is 18.0 Å². The average Bonchev–Trinajstić information content (AvgIpc) is 2.70. The Morgan fingerprint density at radius 1 is 1.67 bits per heavy atom. The fraction of sp³-hybridized carbons (Fsp3) is 0.500. The zero-order valence-electron chi connectivity index (χ0n) is 10.2. The largest absolute Gasteiger partial charge is 0.462 e. The Hall–Kier alpha value is -1.93. The van der Waals surface area contributed by atoms with Crippen molar-refractivity contribution in [3.8, 4) is 0 Å². The van der Waals surface area contributed by atoms with Gasteiger partial charge < -0.3 is 20.9 Å². The van der Waals surface area contributed by atoms with E-state index in [0.717, 1.165) is 0 Å². The summed E-state index contributed by atoms with van der Waals surface area (Å²) in [5.74, 6) is -1.01. The number of carbonyl (C=O) groups excluding carboxylic acids is 2. The van der Waals surface area contributed by atoms with Gasteiger partial charge in [0, 0.05) is 7.05 Å². The number of nitrogens with zero attached hydrogens (tertiary/aromatic N) is 2. The molecular formula is C10H16N4O4. The molecule has 1 aromatic heterocycles. The van der Waals surface area contributed by atoms with Crippen molar-refractivity contribution in [3.63, 3.8) is 0 Å². The van der Waals surface area contributed by atoms with Crippen molar-refractivity contribution in [2.75, 3.05) is 18.5 Å². The second-order valence-electron chi connectivity index (χ2n) is 3.53. The first-order chi connectivity index (χ1) is 8.51. The van der Waals surface area contributed by atoms with Crippen LogP contribution < -0.4 is 11.1 Å². The van der Waals surface area contributed by atoms with E-state index < -0.39 is 24.5 Å². The number of nitrogens with two attached hydrogens (primary N) is 1. The van der Waals surface area contributed by atoms with E-state index in [2.05, 4.69) is 10.4 Å². The number of hydrogen-bond donors (Lipinski definition) is 3. The maximum Gasteiger partial charge on any atom is 0.343 e. The van der Waals surface area contributed by atoms with E-state index in [1.165, 1.54) is 10.9 Å². The van der Waals surface area contributed by atoms with Gasteiger partial charge in [0.1, 0.15) is 17.4 Å². The van der Waals surface area contributed by atoms with E-state index in [1.807, 2.05) is 0 Å². The number of hydrogen-bond acceptors (Lipinski definition) is 6. The molecule has 1 atom stereocenters. The molecule has 0 bridgehead atoms. The molecular weight excluding hydrogens is 240 g/mol. The summed E-state index contributed by atoms with van der Waals surface area (Å²) in [6, 6.07) is -1.06. The van der Waals surface area contributed by atoms with Gasteiger partial charge in [-0.05, 0) is 6.92 Å². The van der Waals surface area contributed by atoms with E-state index in [0.29, 0.717) is 0 Å². The lowest BCUT2D eigenvalue weighted by molar-refractivity contribution is -0.118. The first kappa shape index (κ1) is 14.1. The number of carbonyl (C=O) groups is 2. The van der Waals surface area contributed by atoms with Crippen molar-refractivity contribution in [2.45, 2.75) is 13.0 Å². The van der Waals surface area contributed by atoms with Crippen LogP contribution >= 0.6 is 0 Å². The van der Waals surface area contributed by atoms with E-state index in [1.54, 1.807) is 14.0 Å². The molecule has 0 aliphatic rings. The number of aryl methyl sites for hydroxylation is 1. The van der Waals surface area contributed by atoms with Crippen molar-refractivity contribution in [3.05, 3.63) is 11.8 Å². The van der Waals surface area contributed by atoms with Crippen LogP contribution in [0.4, 0.5) is 5.82 Å². The highest BCUT2D eigenvalue weighted by atomic mass is 16.5. The fourth-order valence-electron chi connectivity index (χ4n) is 1.24. The Balaban J connectivity index is 2.91. The molecule has 0 radical (unpaired) electrons. The third-order valence-corrected chi connectivity index (χ3v) is 2.21. The Morgan fingerprint density at radius 2 is 2.33 bits per heavy atom. The van der Waals surface area contributed by atoms with Crippen LogP contribution in [0, 0.1) is 0 Å². The lowest BCUT2D eigenvalue weighted by Crippen LogP contribution is -2.39. The number of aromatic nitrogens is 2. The summed E-state index contributed by atoms with van der Waals surface area (Å²) in [6.45, 7) is 1.41. The number of esters is 1. The summed E-state index contributed by atoms with van der Waals surface area (Å²) in [5, 5.41) is 15.0. The predicted molar refractivity (Wildman–Crippen MR) is 62.9 cm³/mol. The molecule has 4 N–H and O–H groups in total. The van der Waals surface area contributed by atoms with Crippen molar-refractivity contribution in [1.29, 1.82) is 0 Å². The van der Waals surface area contributed by atoms with E-state index in [4.69, 9.17) is 15.6 Å². The van der Waals surface area contributed by atoms with Gasteiger partial charge in [0.05, 0.1) is 19.4 Å². The summed E-state index contributed by atoms with van der Waals surface area (Å²) in [6.07, 6.45) is 1.29. The normalized spacial score (nSPS) is 12.0. The maximum absolute atomic E-state index is 11.6. The standard InChI is InChI=1S/C10H16N4O4/c1-3-18-10(17)6-4-12-14(2)8(6)13-9(16)7(11)5-15/h4,7,15H,3,5,11H2,1-2H3,(H,13,16). The number of amides is 1. The molecule has 8 nitrogen and oxygen atoms in total. The summed E-state index contributed by atoms with van der Waals surface area (Å²) in [5.41, 5.74) is 5.50. The molecule has 1 unspecified atom stereocenters. The number of aliphatic hydroxyl groups is 1. The van der Waals surface area contributed by atoms with Crippen molar-refractivity contribution < 1.29 is 19.4 Å². The van der Waals surface area contributed by atoms with E-state index >= 15 is 0 Å². The monoisotopic (exact) mass is 256 g/mol. The van der Waals surface area contributed by atoms with Crippen molar-refractivity contribution in [2.24, 2.45) is 12.8 Å². The smallest absolute Gasteiger partial charge is 0.343 e. The molecule has 0 aromatic carbocycles. The lowest BCUT2D eigenvalue weighted by Gasteiger charge is -2.11. The Morgan fingerprint density at radius 3 is 2.89 bits per heavy atom. The SMILES string of the molecule is CCOC(=O)c1cnn(C)c1NC(=O)C(N)CO. The minimum absolute atomic E-state index is 0.137. The highest BCUT2D eigenvalue weighted by Gasteiger charge is 2.21. The molecule has 8 heteroatoms. The average molecular weight is 256 g/mol. The second kappa shape index (κ2) is 6.12. The number of aliphatic hydroxyl groups excluding tert-OH is 1. The molecule has 100 valence electrons. The van der Waals surface area contributed by atoms with Crippen LogP contribution in [0.2, 0.25) is 0 Å². The van der Waals surface area contributed by atoms with Gasteiger partial charge in [-0.25, -0.2) is 4.79 Å². The zero-order valence-corrected chi connectivity index (χ0v) is 10.2. The molecule has 0 spiro atoms.